The third-order valence-electron chi connectivity index (χ3n) is 5.78. The summed E-state index contributed by atoms with van der Waals surface area (Å²) < 4.78 is 1.29. The van der Waals surface area contributed by atoms with E-state index in [1.807, 2.05) is 28.4 Å². The van der Waals surface area contributed by atoms with Crippen molar-refractivity contribution in [3.8, 4) is 0 Å². The van der Waals surface area contributed by atoms with Crippen LogP contribution in [0.2, 0.25) is 5.02 Å². The van der Waals surface area contributed by atoms with Gasteiger partial charge in [0.1, 0.15) is 0 Å². The van der Waals surface area contributed by atoms with E-state index in [2.05, 4.69) is 33.4 Å². The van der Waals surface area contributed by atoms with Gasteiger partial charge < -0.3 is 10.2 Å². The van der Waals surface area contributed by atoms with Gasteiger partial charge in [-0.3, -0.25) is 14.7 Å². The molecule has 0 atom stereocenters. The number of hydrogen-bond donors (Lipinski definition) is 1. The van der Waals surface area contributed by atoms with Crippen molar-refractivity contribution in [1.29, 1.82) is 0 Å². The molecule has 4 heterocycles. The number of aromatic nitrogens is 1. The number of anilines is 1. The summed E-state index contributed by atoms with van der Waals surface area (Å²) in [6.45, 7) is 4.90. The van der Waals surface area contributed by atoms with Gasteiger partial charge in [0.05, 0.1) is 11.6 Å². The van der Waals surface area contributed by atoms with Crippen LogP contribution in [0.5, 0.6) is 0 Å². The van der Waals surface area contributed by atoms with E-state index >= 15 is 0 Å². The van der Waals surface area contributed by atoms with Gasteiger partial charge in [-0.2, -0.15) is 0 Å². The lowest BCUT2D eigenvalue weighted by atomic mass is 10.0. The Bertz CT molecular complexity index is 1050. The highest BCUT2D eigenvalue weighted by Gasteiger charge is 2.25. The van der Waals surface area contributed by atoms with Gasteiger partial charge in [0.15, 0.2) is 0 Å². The molecule has 0 spiro atoms. The first-order chi connectivity index (χ1) is 14.2. The summed E-state index contributed by atoms with van der Waals surface area (Å²) in [5.74, 6) is 0.169. The minimum Gasteiger partial charge on any atom is -0.312 e. The SMILES string of the molecule is O=C1CN(CCc2ccc(Cl)cn2)CCN1c1ccc2c3c(sc2c1)CNCC3. The van der Waals surface area contributed by atoms with Crippen molar-refractivity contribution in [2.24, 2.45) is 0 Å². The molecule has 0 saturated carbocycles. The lowest BCUT2D eigenvalue weighted by Crippen LogP contribution is -2.50. The van der Waals surface area contributed by atoms with Crippen LogP contribution >= 0.6 is 22.9 Å². The third-order valence-corrected chi connectivity index (χ3v) is 7.20. The number of piperazine rings is 1. The number of nitrogens with one attached hydrogen (secondary N) is 1. The molecule has 0 unspecified atom stereocenters. The van der Waals surface area contributed by atoms with E-state index in [1.54, 1.807) is 6.20 Å². The number of benzene rings is 1. The van der Waals surface area contributed by atoms with Gasteiger partial charge in [-0.25, -0.2) is 0 Å². The van der Waals surface area contributed by atoms with E-state index in [0.29, 0.717) is 11.6 Å². The van der Waals surface area contributed by atoms with E-state index in [9.17, 15) is 4.79 Å². The van der Waals surface area contributed by atoms with E-state index < -0.39 is 0 Å². The first-order valence-corrected chi connectivity index (χ1v) is 11.2. The molecule has 1 fully saturated rings. The highest BCUT2D eigenvalue weighted by Crippen LogP contribution is 2.36. The highest BCUT2D eigenvalue weighted by molar-refractivity contribution is 7.19. The maximum atomic E-state index is 12.8. The molecule has 1 saturated heterocycles. The minimum absolute atomic E-state index is 0.169. The maximum Gasteiger partial charge on any atom is 0.241 e. The Morgan fingerprint density at radius 2 is 2.14 bits per heavy atom. The van der Waals surface area contributed by atoms with Crippen LogP contribution in [-0.4, -0.2) is 48.5 Å². The highest BCUT2D eigenvalue weighted by atomic mass is 35.5. The molecular weight excluding hydrogens is 404 g/mol. The molecule has 2 aliphatic rings. The average molecular weight is 427 g/mol. The summed E-state index contributed by atoms with van der Waals surface area (Å²) in [4.78, 5) is 22.8. The number of fused-ring (bicyclic) bond motifs is 3. The van der Waals surface area contributed by atoms with Crippen LogP contribution in [0.1, 0.15) is 16.1 Å². The van der Waals surface area contributed by atoms with Gasteiger partial charge in [0.25, 0.3) is 0 Å². The van der Waals surface area contributed by atoms with Gasteiger partial charge in [-0.1, -0.05) is 17.7 Å². The Labute approximate surface area is 179 Å². The van der Waals surface area contributed by atoms with Crippen LogP contribution < -0.4 is 10.2 Å². The number of amides is 1. The number of nitrogens with zero attached hydrogens (tertiary/aromatic N) is 3. The minimum atomic E-state index is 0.169. The normalized spacial score (nSPS) is 17.7. The lowest BCUT2D eigenvalue weighted by Gasteiger charge is -2.34. The molecule has 3 aromatic rings. The zero-order valence-electron chi connectivity index (χ0n) is 16.2. The molecular formula is C22H23ClN4OS. The number of thiophene rings is 1. The summed E-state index contributed by atoms with van der Waals surface area (Å²) in [7, 11) is 0. The van der Waals surface area contributed by atoms with E-state index in [-0.39, 0.29) is 5.91 Å². The number of carbonyl (C=O) groups is 1. The van der Waals surface area contributed by atoms with E-state index in [0.717, 1.165) is 56.9 Å². The monoisotopic (exact) mass is 426 g/mol. The second-order valence-electron chi connectivity index (χ2n) is 7.65. The second-order valence-corrected chi connectivity index (χ2v) is 9.22. The van der Waals surface area contributed by atoms with E-state index in [1.165, 1.54) is 20.5 Å². The summed E-state index contributed by atoms with van der Waals surface area (Å²) in [5, 5.41) is 5.46. The predicted octanol–water partition coefficient (Wildman–Crippen LogP) is 3.49. The molecule has 0 radical (unpaired) electrons. The van der Waals surface area contributed by atoms with Crippen LogP contribution in [0.4, 0.5) is 5.69 Å². The average Bonchev–Trinajstić information content (AvgIpc) is 3.11. The Morgan fingerprint density at radius 3 is 2.97 bits per heavy atom. The largest absolute Gasteiger partial charge is 0.312 e. The Kier molecular flexibility index (Phi) is 5.26. The van der Waals surface area contributed by atoms with Crippen LogP contribution in [0.3, 0.4) is 0 Å². The summed E-state index contributed by atoms with van der Waals surface area (Å²) in [6, 6.07) is 10.3. The maximum absolute atomic E-state index is 12.8. The van der Waals surface area contributed by atoms with Crippen LogP contribution in [0.25, 0.3) is 10.1 Å². The molecule has 2 aromatic heterocycles. The van der Waals surface area contributed by atoms with Crippen molar-refractivity contribution in [3.05, 3.63) is 57.7 Å². The summed E-state index contributed by atoms with van der Waals surface area (Å²) in [6.07, 6.45) is 3.59. The van der Waals surface area contributed by atoms with Crippen molar-refractivity contribution in [2.75, 3.05) is 37.6 Å². The van der Waals surface area contributed by atoms with E-state index in [4.69, 9.17) is 11.6 Å². The molecule has 150 valence electrons. The Hall–Kier alpha value is -1.99. The topological polar surface area (TPSA) is 48.5 Å². The molecule has 1 amide bonds. The molecule has 1 N–H and O–H groups in total. The molecule has 2 aliphatic heterocycles. The fourth-order valence-corrected chi connectivity index (χ4v) is 5.57. The zero-order valence-corrected chi connectivity index (χ0v) is 17.7. The zero-order chi connectivity index (χ0) is 19.8. The van der Waals surface area contributed by atoms with Crippen molar-refractivity contribution in [2.45, 2.75) is 19.4 Å². The molecule has 7 heteroatoms. The fraction of sp³-hybridized carbons (Fsp3) is 0.364. The fourth-order valence-electron chi connectivity index (χ4n) is 4.20. The number of carbonyl (C=O) groups excluding carboxylic acids is 1. The quantitative estimate of drug-likeness (QED) is 0.693. The first kappa shape index (κ1) is 19.0. The number of halogens is 1. The molecule has 5 rings (SSSR count). The van der Waals surface area contributed by atoms with Crippen molar-refractivity contribution in [1.82, 2.24) is 15.2 Å². The molecule has 5 nitrogen and oxygen atoms in total. The first-order valence-electron chi connectivity index (χ1n) is 10.1. The number of rotatable bonds is 4. The van der Waals surface area contributed by atoms with Gasteiger partial charge in [-0.05, 0) is 48.2 Å². The molecule has 0 bridgehead atoms. The molecule has 0 aliphatic carbocycles. The standard InChI is InChI=1S/C22H23ClN4OS/c23-15-1-2-16(25-12-15)6-8-26-9-10-27(22(28)14-26)17-3-4-18-19-5-7-24-13-21(19)29-20(18)11-17/h1-4,11-12,24H,5-10,13-14H2. The van der Waals surface area contributed by atoms with Gasteiger partial charge in [0, 0.05) is 59.8 Å². The van der Waals surface area contributed by atoms with Crippen molar-refractivity contribution in [3.63, 3.8) is 0 Å². The molecule has 29 heavy (non-hydrogen) atoms. The van der Waals surface area contributed by atoms with Gasteiger partial charge in [-0.15, -0.1) is 11.3 Å². The van der Waals surface area contributed by atoms with Crippen molar-refractivity contribution >= 4 is 44.6 Å². The second kappa shape index (κ2) is 8.03. The van der Waals surface area contributed by atoms with Gasteiger partial charge in [0.2, 0.25) is 5.91 Å². The van der Waals surface area contributed by atoms with Crippen LogP contribution in [0.15, 0.2) is 36.5 Å². The Balaban J connectivity index is 1.26. The van der Waals surface area contributed by atoms with Crippen molar-refractivity contribution < 1.29 is 4.79 Å². The summed E-state index contributed by atoms with van der Waals surface area (Å²) in [5.41, 5.74) is 3.52. The van der Waals surface area contributed by atoms with Gasteiger partial charge >= 0.3 is 0 Å². The Morgan fingerprint density at radius 1 is 1.21 bits per heavy atom. The third kappa shape index (κ3) is 3.90. The predicted molar refractivity (Wildman–Crippen MR) is 119 cm³/mol. The summed E-state index contributed by atoms with van der Waals surface area (Å²) >= 11 is 7.75. The number of pyridine rings is 1. The lowest BCUT2D eigenvalue weighted by molar-refractivity contribution is -0.121. The number of hydrogen-bond acceptors (Lipinski definition) is 5. The smallest absolute Gasteiger partial charge is 0.241 e. The molecule has 1 aromatic carbocycles. The van der Waals surface area contributed by atoms with Crippen LogP contribution in [-0.2, 0) is 24.2 Å². The van der Waals surface area contributed by atoms with Crippen LogP contribution in [0, 0.1) is 0 Å².